The lowest BCUT2D eigenvalue weighted by Crippen LogP contribution is -2.52. The van der Waals surface area contributed by atoms with E-state index in [1.54, 1.807) is 0 Å². The SMILES string of the molecule is O=C(O)[C@@H](NC1CCNCC1)C1CCC(C2CCCC2)(C2CCCC2)CC1. The standard InChI is InChI=1S/C23H40N2O2/c26-22(27)21(25-20-11-15-24-16-12-20)17-9-13-23(14-10-17,18-5-1-2-6-18)19-7-3-4-8-19/h17-21,24-25H,1-16H2,(H,26,27)/t21-/m0/s1. The maximum Gasteiger partial charge on any atom is 0.320 e. The van der Waals surface area contributed by atoms with Crippen molar-refractivity contribution in [2.75, 3.05) is 13.1 Å². The summed E-state index contributed by atoms with van der Waals surface area (Å²) in [6, 6.07) is 0.0435. The van der Waals surface area contributed by atoms with Crippen LogP contribution in [0.4, 0.5) is 0 Å². The molecule has 4 heteroatoms. The summed E-state index contributed by atoms with van der Waals surface area (Å²) in [5, 5.41) is 16.9. The lowest BCUT2D eigenvalue weighted by Gasteiger charge is -2.50. The maximum atomic E-state index is 12.1. The van der Waals surface area contributed by atoms with E-state index in [0.29, 0.717) is 17.4 Å². The Balaban J connectivity index is 1.42. The van der Waals surface area contributed by atoms with E-state index in [9.17, 15) is 9.90 Å². The van der Waals surface area contributed by atoms with Gasteiger partial charge in [-0.3, -0.25) is 4.79 Å². The molecule has 0 bridgehead atoms. The first-order valence-electron chi connectivity index (χ1n) is 11.9. The molecule has 1 saturated heterocycles. The highest BCUT2D eigenvalue weighted by atomic mass is 16.4. The van der Waals surface area contributed by atoms with Crippen LogP contribution in [0.3, 0.4) is 0 Å². The number of rotatable bonds is 6. The second kappa shape index (κ2) is 8.82. The summed E-state index contributed by atoms with van der Waals surface area (Å²) < 4.78 is 0. The van der Waals surface area contributed by atoms with E-state index >= 15 is 0 Å². The molecule has 0 amide bonds. The zero-order valence-electron chi connectivity index (χ0n) is 17.1. The van der Waals surface area contributed by atoms with Crippen molar-refractivity contribution in [3.05, 3.63) is 0 Å². The normalized spacial score (nSPS) is 29.9. The molecule has 1 atom stereocenters. The van der Waals surface area contributed by atoms with Gasteiger partial charge in [0.1, 0.15) is 6.04 Å². The van der Waals surface area contributed by atoms with Crippen LogP contribution in [0, 0.1) is 23.2 Å². The van der Waals surface area contributed by atoms with E-state index in [0.717, 1.165) is 50.6 Å². The first-order valence-corrected chi connectivity index (χ1v) is 11.9. The molecule has 0 radical (unpaired) electrons. The average Bonchev–Trinajstić information content (AvgIpc) is 3.41. The molecule has 4 rings (SSSR count). The highest BCUT2D eigenvalue weighted by Gasteiger charge is 2.49. The smallest absolute Gasteiger partial charge is 0.320 e. The summed E-state index contributed by atoms with van der Waals surface area (Å²) in [4.78, 5) is 12.1. The Morgan fingerprint density at radius 1 is 0.852 bits per heavy atom. The van der Waals surface area contributed by atoms with Gasteiger partial charge in [-0.25, -0.2) is 0 Å². The van der Waals surface area contributed by atoms with Crippen LogP contribution in [0.1, 0.15) is 89.9 Å². The number of nitrogens with one attached hydrogen (secondary N) is 2. The molecule has 27 heavy (non-hydrogen) atoms. The molecule has 1 heterocycles. The number of carboxylic acid groups (broad SMARTS) is 1. The topological polar surface area (TPSA) is 61.4 Å². The van der Waals surface area contributed by atoms with Gasteiger partial charge in [0.15, 0.2) is 0 Å². The maximum absolute atomic E-state index is 12.1. The highest BCUT2D eigenvalue weighted by molar-refractivity contribution is 5.74. The Kier molecular flexibility index (Phi) is 6.43. The van der Waals surface area contributed by atoms with Gasteiger partial charge in [0, 0.05) is 6.04 Å². The summed E-state index contributed by atoms with van der Waals surface area (Å²) in [6.07, 6.45) is 18.4. The predicted octanol–water partition coefficient (Wildman–Crippen LogP) is 4.34. The zero-order valence-corrected chi connectivity index (χ0v) is 17.1. The van der Waals surface area contributed by atoms with E-state index in [-0.39, 0.29) is 6.04 Å². The monoisotopic (exact) mass is 376 g/mol. The van der Waals surface area contributed by atoms with E-state index in [4.69, 9.17) is 0 Å². The van der Waals surface area contributed by atoms with Gasteiger partial charge >= 0.3 is 5.97 Å². The van der Waals surface area contributed by atoms with Gasteiger partial charge in [-0.05, 0) is 100 Å². The van der Waals surface area contributed by atoms with Crippen LogP contribution in [-0.4, -0.2) is 36.2 Å². The number of carbonyl (C=O) groups is 1. The molecule has 0 aromatic rings. The number of aliphatic carboxylic acids is 1. The van der Waals surface area contributed by atoms with Gasteiger partial charge in [-0.15, -0.1) is 0 Å². The Morgan fingerprint density at radius 3 is 1.85 bits per heavy atom. The molecule has 0 spiro atoms. The average molecular weight is 377 g/mol. The van der Waals surface area contributed by atoms with Crippen molar-refractivity contribution in [3.8, 4) is 0 Å². The number of hydrogen-bond acceptors (Lipinski definition) is 3. The molecule has 0 aromatic carbocycles. The third kappa shape index (κ3) is 4.22. The first kappa shape index (κ1) is 19.7. The Morgan fingerprint density at radius 2 is 1.37 bits per heavy atom. The van der Waals surface area contributed by atoms with Crippen LogP contribution in [-0.2, 0) is 4.79 Å². The van der Waals surface area contributed by atoms with Crippen molar-refractivity contribution in [3.63, 3.8) is 0 Å². The fourth-order valence-electron chi connectivity index (χ4n) is 7.31. The van der Waals surface area contributed by atoms with Crippen LogP contribution in [0.5, 0.6) is 0 Å². The molecule has 1 aliphatic heterocycles. The van der Waals surface area contributed by atoms with E-state index in [1.165, 1.54) is 64.2 Å². The van der Waals surface area contributed by atoms with E-state index in [1.807, 2.05) is 0 Å². The second-order valence-corrected chi connectivity index (χ2v) is 10.0. The lowest BCUT2D eigenvalue weighted by atomic mass is 9.56. The van der Waals surface area contributed by atoms with Crippen LogP contribution in [0.15, 0.2) is 0 Å². The fourth-order valence-corrected chi connectivity index (χ4v) is 7.31. The Bertz CT molecular complexity index is 465. The zero-order chi connectivity index (χ0) is 18.7. The number of hydrogen-bond donors (Lipinski definition) is 3. The van der Waals surface area contributed by atoms with Gasteiger partial charge < -0.3 is 15.7 Å². The van der Waals surface area contributed by atoms with Gasteiger partial charge in [0.25, 0.3) is 0 Å². The summed E-state index contributed by atoms with van der Waals surface area (Å²) >= 11 is 0. The van der Waals surface area contributed by atoms with Crippen molar-refractivity contribution < 1.29 is 9.90 Å². The minimum Gasteiger partial charge on any atom is -0.480 e. The van der Waals surface area contributed by atoms with Crippen LogP contribution in [0.2, 0.25) is 0 Å². The molecule has 0 unspecified atom stereocenters. The molecule has 154 valence electrons. The molecular weight excluding hydrogens is 336 g/mol. The minimum absolute atomic E-state index is 0.327. The Labute approximate surface area is 165 Å². The number of carboxylic acids is 1. The molecule has 4 fully saturated rings. The van der Waals surface area contributed by atoms with Crippen molar-refractivity contribution >= 4 is 5.97 Å². The fraction of sp³-hybridized carbons (Fsp3) is 0.957. The second-order valence-electron chi connectivity index (χ2n) is 10.0. The van der Waals surface area contributed by atoms with Crippen molar-refractivity contribution in [2.24, 2.45) is 23.2 Å². The molecule has 3 saturated carbocycles. The summed E-state index contributed by atoms with van der Waals surface area (Å²) in [5.41, 5.74) is 0.557. The molecule has 3 N–H and O–H groups in total. The molecule has 0 aromatic heterocycles. The first-order chi connectivity index (χ1) is 13.2. The molecule has 3 aliphatic carbocycles. The molecule has 4 aliphatic rings. The third-order valence-electron chi connectivity index (χ3n) is 8.79. The lowest BCUT2D eigenvalue weighted by molar-refractivity contribution is -0.142. The van der Waals surface area contributed by atoms with Gasteiger partial charge in [-0.2, -0.15) is 0 Å². The Hall–Kier alpha value is -0.610. The van der Waals surface area contributed by atoms with Crippen LogP contribution >= 0.6 is 0 Å². The van der Waals surface area contributed by atoms with Crippen molar-refractivity contribution in [2.45, 2.75) is 102 Å². The van der Waals surface area contributed by atoms with Gasteiger partial charge in [0.05, 0.1) is 0 Å². The largest absolute Gasteiger partial charge is 0.480 e. The highest BCUT2D eigenvalue weighted by Crippen LogP contribution is 2.58. The van der Waals surface area contributed by atoms with E-state index < -0.39 is 5.97 Å². The minimum atomic E-state index is -0.618. The summed E-state index contributed by atoms with van der Waals surface area (Å²) in [6.45, 7) is 2.03. The van der Waals surface area contributed by atoms with Gasteiger partial charge in [0.2, 0.25) is 0 Å². The summed E-state index contributed by atoms with van der Waals surface area (Å²) in [5.74, 6) is 1.57. The van der Waals surface area contributed by atoms with Gasteiger partial charge in [-0.1, -0.05) is 25.7 Å². The predicted molar refractivity (Wildman–Crippen MR) is 109 cm³/mol. The summed E-state index contributed by atoms with van der Waals surface area (Å²) in [7, 11) is 0. The quantitative estimate of drug-likeness (QED) is 0.645. The number of piperidine rings is 1. The van der Waals surface area contributed by atoms with Crippen molar-refractivity contribution in [1.82, 2.24) is 10.6 Å². The molecule has 4 nitrogen and oxygen atoms in total. The van der Waals surface area contributed by atoms with Crippen LogP contribution in [0.25, 0.3) is 0 Å². The third-order valence-corrected chi connectivity index (χ3v) is 8.79. The van der Waals surface area contributed by atoms with Crippen LogP contribution < -0.4 is 10.6 Å². The molecular formula is C23H40N2O2. The van der Waals surface area contributed by atoms with E-state index in [2.05, 4.69) is 10.6 Å². The van der Waals surface area contributed by atoms with Crippen molar-refractivity contribution in [1.29, 1.82) is 0 Å².